The third-order valence-corrected chi connectivity index (χ3v) is 14.1. The maximum atomic E-state index is 3.95. The van der Waals surface area contributed by atoms with Crippen molar-refractivity contribution in [3.05, 3.63) is 199 Å². The molecule has 8 aromatic carbocycles. The third-order valence-electron chi connectivity index (χ3n) is 11.7. The number of nitrogens with zero attached hydrogens (tertiary/aromatic N) is 1. The van der Waals surface area contributed by atoms with E-state index >= 15 is 0 Å². The van der Waals surface area contributed by atoms with E-state index in [1.165, 1.54) is 95.7 Å². The van der Waals surface area contributed by atoms with Crippen LogP contribution >= 0.6 is 22.7 Å². The van der Waals surface area contributed by atoms with E-state index in [9.17, 15) is 0 Å². The van der Waals surface area contributed by atoms with E-state index in [0.29, 0.717) is 0 Å². The Kier molecular flexibility index (Phi) is 7.68. The molecule has 1 aliphatic heterocycles. The maximum absolute atomic E-state index is 3.95. The molecule has 2 atom stereocenters. The van der Waals surface area contributed by atoms with Crippen LogP contribution < -0.4 is 16.0 Å². The number of aromatic nitrogens is 1. The molecule has 0 radical (unpaired) electrons. The first-order valence-corrected chi connectivity index (χ1v) is 21.2. The van der Waals surface area contributed by atoms with E-state index in [0.717, 1.165) is 0 Å². The minimum atomic E-state index is -0.0927. The van der Waals surface area contributed by atoms with Crippen molar-refractivity contribution >= 4 is 84.8 Å². The van der Waals surface area contributed by atoms with Gasteiger partial charge in [0.25, 0.3) is 0 Å². The zero-order valence-electron chi connectivity index (χ0n) is 30.8. The van der Waals surface area contributed by atoms with Crippen molar-refractivity contribution < 1.29 is 0 Å². The summed E-state index contributed by atoms with van der Waals surface area (Å²) < 4.78 is 7.68. The van der Waals surface area contributed by atoms with E-state index in [4.69, 9.17) is 0 Å². The minimum Gasteiger partial charge on any atom is -0.309 e. The lowest BCUT2D eigenvalue weighted by Gasteiger charge is -2.40. The summed E-state index contributed by atoms with van der Waals surface area (Å²) in [6.45, 7) is 0. The highest BCUT2D eigenvalue weighted by Gasteiger charge is 2.31. The fourth-order valence-corrected chi connectivity index (χ4v) is 11.7. The molecule has 0 aliphatic carbocycles. The van der Waals surface area contributed by atoms with Crippen LogP contribution in [-0.2, 0) is 0 Å². The fraction of sp³-hybridized carbons (Fsp3) is 0.0588. The van der Waals surface area contributed by atoms with Crippen molar-refractivity contribution in [2.24, 2.45) is 0 Å². The lowest BCUT2D eigenvalue weighted by atomic mass is 9.96. The Hall–Kier alpha value is -6.12. The second kappa shape index (κ2) is 13.2. The maximum Gasteiger partial charge on any atom is 0.0871 e. The molecule has 2 unspecified atom stereocenters. The average molecular weight is 769 g/mol. The van der Waals surface area contributed by atoms with E-state index in [-0.39, 0.29) is 18.5 Å². The summed E-state index contributed by atoms with van der Waals surface area (Å²) in [5.41, 5.74) is 9.91. The van der Waals surface area contributed by atoms with Crippen molar-refractivity contribution in [2.45, 2.75) is 18.5 Å². The van der Waals surface area contributed by atoms with E-state index in [1.54, 1.807) is 0 Å². The number of benzene rings is 8. The van der Waals surface area contributed by atoms with Crippen LogP contribution in [0.3, 0.4) is 0 Å². The predicted molar refractivity (Wildman–Crippen MR) is 243 cm³/mol. The molecule has 272 valence electrons. The van der Waals surface area contributed by atoms with Gasteiger partial charge in [-0.1, -0.05) is 146 Å². The fourth-order valence-electron chi connectivity index (χ4n) is 9.27. The lowest BCUT2D eigenvalue weighted by molar-refractivity contribution is 0.204. The lowest BCUT2D eigenvalue weighted by Crippen LogP contribution is -2.54. The standard InChI is InChI=1S/C51H36N4S2/c1-3-15-31(16-4-1)49-52-50(32-17-5-2-6-18-32)54-51(53-49)38-24-13-28-42-45(38)37-23-11-22-36(48(37)57-42)35-21-12-29-43-46(35)47-41(27-14-30-44(47)56-43)55-39-25-9-7-19-33(39)34-20-8-10-26-40(34)55/h1-30,49-54H. The summed E-state index contributed by atoms with van der Waals surface area (Å²) in [7, 11) is 0. The van der Waals surface area contributed by atoms with Gasteiger partial charge in [-0.3, -0.25) is 16.0 Å². The van der Waals surface area contributed by atoms with Gasteiger partial charge in [0.15, 0.2) is 0 Å². The van der Waals surface area contributed by atoms with Crippen LogP contribution in [0.2, 0.25) is 0 Å². The molecule has 0 saturated carbocycles. The van der Waals surface area contributed by atoms with Gasteiger partial charge in [0.05, 0.1) is 35.2 Å². The quantitative estimate of drug-likeness (QED) is 0.163. The van der Waals surface area contributed by atoms with Gasteiger partial charge in [0.2, 0.25) is 0 Å². The molecular formula is C51H36N4S2. The van der Waals surface area contributed by atoms with E-state index < -0.39 is 0 Å². The largest absolute Gasteiger partial charge is 0.309 e. The van der Waals surface area contributed by atoms with Crippen LogP contribution in [0.4, 0.5) is 0 Å². The monoisotopic (exact) mass is 768 g/mol. The minimum absolute atomic E-state index is 0.0356. The van der Waals surface area contributed by atoms with Gasteiger partial charge in [0.1, 0.15) is 0 Å². The van der Waals surface area contributed by atoms with Gasteiger partial charge in [-0.15, -0.1) is 22.7 Å². The molecular weight excluding hydrogens is 733 g/mol. The molecule has 6 heteroatoms. The molecule has 12 rings (SSSR count). The number of fused-ring (bicyclic) bond motifs is 9. The smallest absolute Gasteiger partial charge is 0.0871 e. The first kappa shape index (κ1) is 33.1. The highest BCUT2D eigenvalue weighted by atomic mass is 32.1. The second-order valence-corrected chi connectivity index (χ2v) is 17.1. The summed E-state index contributed by atoms with van der Waals surface area (Å²) in [5, 5.41) is 19.5. The zero-order valence-corrected chi connectivity index (χ0v) is 32.4. The van der Waals surface area contributed by atoms with Gasteiger partial charge in [-0.2, -0.15) is 0 Å². The number of thiophene rings is 2. The average Bonchev–Trinajstić information content (AvgIpc) is 3.97. The Morgan fingerprint density at radius 1 is 0.368 bits per heavy atom. The number of hydrogen-bond acceptors (Lipinski definition) is 5. The molecule has 4 heterocycles. The van der Waals surface area contributed by atoms with Crippen molar-refractivity contribution in [3.8, 4) is 16.8 Å². The Morgan fingerprint density at radius 3 is 1.56 bits per heavy atom. The molecule has 3 aromatic heterocycles. The third kappa shape index (κ3) is 5.23. The van der Waals surface area contributed by atoms with Gasteiger partial charge in [0, 0.05) is 56.7 Å². The molecule has 3 N–H and O–H groups in total. The van der Waals surface area contributed by atoms with Crippen molar-refractivity contribution in [2.75, 3.05) is 0 Å². The molecule has 4 nitrogen and oxygen atoms in total. The Bertz CT molecular complexity index is 3210. The Morgan fingerprint density at radius 2 is 0.877 bits per heavy atom. The van der Waals surface area contributed by atoms with E-state index in [2.05, 4.69) is 203 Å². The number of hydrogen-bond donors (Lipinski definition) is 3. The molecule has 1 fully saturated rings. The molecule has 1 aliphatic rings. The van der Waals surface area contributed by atoms with Gasteiger partial charge >= 0.3 is 0 Å². The van der Waals surface area contributed by atoms with Crippen LogP contribution in [0.15, 0.2) is 182 Å². The van der Waals surface area contributed by atoms with E-state index in [1.807, 2.05) is 22.7 Å². The van der Waals surface area contributed by atoms with Crippen LogP contribution in [0.1, 0.15) is 35.2 Å². The highest BCUT2D eigenvalue weighted by molar-refractivity contribution is 7.27. The normalized spacial score (nSPS) is 17.4. The SMILES string of the molecule is c1ccc(C2NC(c3ccccc3)NC(c3cccc4sc5c(-c6cccc7sc8cccc(-n9c%10ccccc%10c%10ccccc%109)c8c67)cccc5c34)N2)cc1. The molecule has 0 spiro atoms. The van der Waals surface area contributed by atoms with Gasteiger partial charge in [-0.05, 0) is 58.7 Å². The number of nitrogens with one attached hydrogen (secondary N) is 3. The van der Waals surface area contributed by atoms with Crippen molar-refractivity contribution in [1.29, 1.82) is 0 Å². The Balaban J connectivity index is 1.06. The summed E-state index contributed by atoms with van der Waals surface area (Å²) in [6.07, 6.45) is -0.164. The van der Waals surface area contributed by atoms with Crippen LogP contribution in [-0.4, -0.2) is 4.57 Å². The predicted octanol–water partition coefficient (Wildman–Crippen LogP) is 13.4. The molecule has 11 aromatic rings. The zero-order chi connectivity index (χ0) is 37.5. The first-order valence-electron chi connectivity index (χ1n) is 19.5. The van der Waals surface area contributed by atoms with Crippen LogP contribution in [0.25, 0.3) is 79.0 Å². The topological polar surface area (TPSA) is 41.0 Å². The van der Waals surface area contributed by atoms with Gasteiger partial charge < -0.3 is 4.57 Å². The summed E-state index contributed by atoms with van der Waals surface area (Å²) in [5.74, 6) is 0. The first-order chi connectivity index (χ1) is 28.3. The van der Waals surface area contributed by atoms with Crippen LogP contribution in [0.5, 0.6) is 0 Å². The van der Waals surface area contributed by atoms with Crippen molar-refractivity contribution in [1.82, 2.24) is 20.5 Å². The summed E-state index contributed by atoms with van der Waals surface area (Å²) >= 11 is 3.79. The second-order valence-electron chi connectivity index (χ2n) is 14.9. The molecule has 57 heavy (non-hydrogen) atoms. The number of rotatable bonds is 5. The summed E-state index contributed by atoms with van der Waals surface area (Å²) in [4.78, 5) is 0. The summed E-state index contributed by atoms with van der Waals surface area (Å²) in [6, 6.07) is 66.4. The molecule has 0 amide bonds. The highest BCUT2D eigenvalue weighted by Crippen LogP contribution is 2.48. The van der Waals surface area contributed by atoms with Crippen molar-refractivity contribution in [3.63, 3.8) is 0 Å². The molecule has 1 saturated heterocycles. The molecule has 0 bridgehead atoms. The number of para-hydroxylation sites is 2. The van der Waals surface area contributed by atoms with Gasteiger partial charge in [-0.25, -0.2) is 0 Å². The Labute approximate surface area is 337 Å². The van der Waals surface area contributed by atoms with Crippen LogP contribution in [0, 0.1) is 0 Å².